The van der Waals surface area contributed by atoms with Crippen LogP contribution in [0, 0.1) is 5.92 Å². The fourth-order valence-corrected chi connectivity index (χ4v) is 3.40. The van der Waals surface area contributed by atoms with Gasteiger partial charge in [0.05, 0.1) is 0 Å². The molecule has 0 saturated carbocycles. The summed E-state index contributed by atoms with van der Waals surface area (Å²) in [6.07, 6.45) is 8.52. The van der Waals surface area contributed by atoms with Gasteiger partial charge in [-0.2, -0.15) is 0 Å². The lowest BCUT2D eigenvalue weighted by molar-refractivity contribution is 0.355. The van der Waals surface area contributed by atoms with E-state index in [0.29, 0.717) is 12.0 Å². The van der Waals surface area contributed by atoms with Crippen LogP contribution in [-0.4, -0.2) is 22.1 Å². The molecule has 1 aromatic heterocycles. The zero-order valence-corrected chi connectivity index (χ0v) is 13.0. The number of nitrogens with one attached hydrogen (secondary N) is 1. The molecule has 1 aromatic carbocycles. The van der Waals surface area contributed by atoms with Crippen LogP contribution in [0.3, 0.4) is 0 Å². The molecule has 21 heavy (non-hydrogen) atoms. The van der Waals surface area contributed by atoms with Gasteiger partial charge in [-0.25, -0.2) is 4.98 Å². The van der Waals surface area contributed by atoms with Crippen LogP contribution in [0.1, 0.15) is 30.3 Å². The van der Waals surface area contributed by atoms with Crippen LogP contribution in [0.5, 0.6) is 0 Å². The summed E-state index contributed by atoms with van der Waals surface area (Å²) in [7, 11) is 2.09. The van der Waals surface area contributed by atoms with Crippen molar-refractivity contribution in [3.8, 4) is 0 Å². The minimum atomic E-state index is 0.512. The summed E-state index contributed by atoms with van der Waals surface area (Å²) in [6, 6.07) is 9.40. The lowest BCUT2D eigenvalue weighted by Crippen LogP contribution is -2.39. The minimum Gasteiger partial charge on any atom is -0.338 e. The third-order valence-corrected chi connectivity index (χ3v) is 4.63. The fourth-order valence-electron chi connectivity index (χ4n) is 3.40. The molecule has 3 heteroatoms. The van der Waals surface area contributed by atoms with Crippen molar-refractivity contribution in [1.82, 2.24) is 14.9 Å². The van der Waals surface area contributed by atoms with Gasteiger partial charge in [0.15, 0.2) is 0 Å². The number of nitrogens with zero attached hydrogens (tertiary/aromatic N) is 2. The molecule has 1 aliphatic rings. The smallest absolute Gasteiger partial charge is 0.109 e. The SMILES string of the molecule is CCCNC(Cc1nccn1C)C1Cc2ccccc2C1. The van der Waals surface area contributed by atoms with Gasteiger partial charge in [0.2, 0.25) is 0 Å². The third kappa shape index (κ3) is 3.18. The zero-order valence-electron chi connectivity index (χ0n) is 13.0. The van der Waals surface area contributed by atoms with E-state index in [9.17, 15) is 0 Å². The minimum absolute atomic E-state index is 0.512. The number of aryl methyl sites for hydroxylation is 1. The average Bonchev–Trinajstić information content (AvgIpc) is 3.09. The molecule has 1 heterocycles. The van der Waals surface area contributed by atoms with E-state index >= 15 is 0 Å². The molecule has 0 fully saturated rings. The molecule has 0 saturated heterocycles. The van der Waals surface area contributed by atoms with Crippen LogP contribution in [0.15, 0.2) is 36.7 Å². The summed E-state index contributed by atoms with van der Waals surface area (Å²) in [4.78, 5) is 4.51. The Labute approximate surface area is 127 Å². The first-order chi connectivity index (χ1) is 10.3. The molecule has 1 unspecified atom stereocenters. The quantitative estimate of drug-likeness (QED) is 0.883. The standard InChI is InChI=1S/C18H25N3/c1-3-8-19-17(13-18-20-9-10-21(18)2)16-11-14-6-4-5-7-15(14)12-16/h4-7,9-10,16-17,19H,3,8,11-13H2,1-2H3. The largest absolute Gasteiger partial charge is 0.338 e. The van der Waals surface area contributed by atoms with Crippen LogP contribution >= 0.6 is 0 Å². The van der Waals surface area contributed by atoms with Crippen molar-refractivity contribution in [3.63, 3.8) is 0 Å². The van der Waals surface area contributed by atoms with Crippen LogP contribution in [0.2, 0.25) is 0 Å². The van der Waals surface area contributed by atoms with Gasteiger partial charge in [-0.05, 0) is 42.9 Å². The van der Waals surface area contributed by atoms with Crippen LogP contribution in [0.4, 0.5) is 0 Å². The molecule has 3 rings (SSSR count). The number of benzene rings is 1. The van der Waals surface area contributed by atoms with E-state index in [4.69, 9.17) is 0 Å². The Morgan fingerprint density at radius 1 is 1.29 bits per heavy atom. The molecular weight excluding hydrogens is 258 g/mol. The van der Waals surface area contributed by atoms with E-state index < -0.39 is 0 Å². The Balaban J connectivity index is 1.73. The second-order valence-electron chi connectivity index (χ2n) is 6.16. The summed E-state index contributed by atoms with van der Waals surface area (Å²) >= 11 is 0. The van der Waals surface area contributed by atoms with E-state index in [1.165, 1.54) is 36.2 Å². The lowest BCUT2D eigenvalue weighted by Gasteiger charge is -2.24. The van der Waals surface area contributed by atoms with Gasteiger partial charge in [-0.3, -0.25) is 0 Å². The summed E-state index contributed by atoms with van der Waals surface area (Å²) in [5, 5.41) is 3.76. The highest BCUT2D eigenvalue weighted by Gasteiger charge is 2.28. The number of aromatic nitrogens is 2. The number of hydrogen-bond donors (Lipinski definition) is 1. The van der Waals surface area contributed by atoms with Gasteiger partial charge in [0.1, 0.15) is 5.82 Å². The highest BCUT2D eigenvalue weighted by Crippen LogP contribution is 2.29. The zero-order chi connectivity index (χ0) is 14.7. The number of fused-ring (bicyclic) bond motifs is 1. The molecule has 0 radical (unpaired) electrons. The number of hydrogen-bond acceptors (Lipinski definition) is 2. The van der Waals surface area contributed by atoms with Crippen LogP contribution in [-0.2, 0) is 26.3 Å². The Morgan fingerprint density at radius 3 is 2.57 bits per heavy atom. The van der Waals surface area contributed by atoms with Gasteiger partial charge in [0.25, 0.3) is 0 Å². The predicted molar refractivity (Wildman–Crippen MR) is 86.3 cm³/mol. The molecule has 0 amide bonds. The molecule has 112 valence electrons. The molecule has 0 aliphatic heterocycles. The molecular formula is C18H25N3. The van der Waals surface area contributed by atoms with Crippen LogP contribution < -0.4 is 5.32 Å². The molecule has 3 nitrogen and oxygen atoms in total. The maximum Gasteiger partial charge on any atom is 0.109 e. The first-order valence-electron chi connectivity index (χ1n) is 8.04. The van der Waals surface area contributed by atoms with E-state index in [1.54, 1.807) is 0 Å². The van der Waals surface area contributed by atoms with Crippen molar-refractivity contribution in [2.24, 2.45) is 13.0 Å². The summed E-state index contributed by atoms with van der Waals surface area (Å²) in [5.74, 6) is 1.87. The van der Waals surface area contributed by atoms with Crippen molar-refractivity contribution in [2.75, 3.05) is 6.54 Å². The van der Waals surface area contributed by atoms with Crippen LogP contribution in [0.25, 0.3) is 0 Å². The monoisotopic (exact) mass is 283 g/mol. The lowest BCUT2D eigenvalue weighted by atomic mass is 9.93. The van der Waals surface area contributed by atoms with E-state index in [1.807, 2.05) is 12.4 Å². The van der Waals surface area contributed by atoms with Gasteiger partial charge < -0.3 is 9.88 Å². The van der Waals surface area contributed by atoms with Crippen molar-refractivity contribution < 1.29 is 0 Å². The Hall–Kier alpha value is -1.61. The second kappa shape index (κ2) is 6.44. The summed E-state index contributed by atoms with van der Waals surface area (Å²) < 4.78 is 2.14. The molecule has 0 bridgehead atoms. The van der Waals surface area contributed by atoms with Crippen molar-refractivity contribution in [1.29, 1.82) is 0 Å². The van der Waals surface area contributed by atoms with Crippen molar-refractivity contribution >= 4 is 0 Å². The van der Waals surface area contributed by atoms with E-state index in [-0.39, 0.29) is 0 Å². The highest BCUT2D eigenvalue weighted by atomic mass is 15.0. The Kier molecular flexibility index (Phi) is 4.39. The molecule has 1 aliphatic carbocycles. The first kappa shape index (κ1) is 14.3. The highest BCUT2D eigenvalue weighted by molar-refractivity contribution is 5.32. The Morgan fingerprint density at radius 2 is 2.00 bits per heavy atom. The molecule has 1 atom stereocenters. The van der Waals surface area contributed by atoms with Gasteiger partial charge in [-0.1, -0.05) is 31.2 Å². The fraction of sp³-hybridized carbons (Fsp3) is 0.500. The molecule has 0 spiro atoms. The first-order valence-corrected chi connectivity index (χ1v) is 8.04. The maximum absolute atomic E-state index is 4.51. The average molecular weight is 283 g/mol. The van der Waals surface area contributed by atoms with Gasteiger partial charge in [0, 0.05) is 31.9 Å². The van der Waals surface area contributed by atoms with Gasteiger partial charge in [-0.15, -0.1) is 0 Å². The van der Waals surface area contributed by atoms with Crippen molar-refractivity contribution in [3.05, 3.63) is 53.6 Å². The van der Waals surface area contributed by atoms with E-state index in [0.717, 1.165) is 13.0 Å². The topological polar surface area (TPSA) is 29.9 Å². The maximum atomic E-state index is 4.51. The van der Waals surface area contributed by atoms with Crippen molar-refractivity contribution in [2.45, 2.75) is 38.6 Å². The summed E-state index contributed by atoms with van der Waals surface area (Å²) in [6.45, 7) is 3.32. The summed E-state index contributed by atoms with van der Waals surface area (Å²) in [5.41, 5.74) is 3.07. The van der Waals surface area contributed by atoms with E-state index in [2.05, 4.69) is 53.1 Å². The van der Waals surface area contributed by atoms with Gasteiger partial charge >= 0.3 is 0 Å². The normalized spacial score (nSPS) is 16.1. The Bertz CT molecular complexity index is 563. The number of imidazole rings is 1. The molecule has 2 aromatic rings. The third-order valence-electron chi connectivity index (χ3n) is 4.63. The predicted octanol–water partition coefficient (Wildman–Crippen LogP) is 2.75. The second-order valence-corrected chi connectivity index (χ2v) is 6.16. The number of rotatable bonds is 6. The molecule has 1 N–H and O–H groups in total.